The summed E-state index contributed by atoms with van der Waals surface area (Å²) >= 11 is 0. The second kappa shape index (κ2) is 7.60. The standard InChI is InChI=1S/C16H28N4/c1-4-17-12-15-11-16(5-8-18-15)20(3)13-14-6-9-19(2)10-7-14/h5,8,11,14,17H,4,6-7,9-10,12-13H2,1-3H3. The Kier molecular flexibility index (Phi) is 5.80. The van der Waals surface area contributed by atoms with Crippen molar-refractivity contribution in [3.8, 4) is 0 Å². The van der Waals surface area contributed by atoms with Crippen molar-refractivity contribution < 1.29 is 0 Å². The van der Waals surface area contributed by atoms with Gasteiger partial charge in [0.1, 0.15) is 0 Å². The van der Waals surface area contributed by atoms with E-state index in [4.69, 9.17) is 0 Å². The Balaban J connectivity index is 1.89. The van der Waals surface area contributed by atoms with E-state index in [1.807, 2.05) is 6.20 Å². The number of nitrogens with one attached hydrogen (secondary N) is 1. The van der Waals surface area contributed by atoms with E-state index in [2.05, 4.69) is 53.3 Å². The van der Waals surface area contributed by atoms with Gasteiger partial charge in [-0.2, -0.15) is 0 Å². The fourth-order valence-electron chi connectivity index (χ4n) is 2.79. The molecule has 2 heterocycles. The molecule has 1 fully saturated rings. The average molecular weight is 276 g/mol. The molecule has 1 aromatic rings. The molecule has 1 N–H and O–H groups in total. The van der Waals surface area contributed by atoms with Gasteiger partial charge in [0.2, 0.25) is 0 Å². The third kappa shape index (κ3) is 4.46. The van der Waals surface area contributed by atoms with E-state index in [1.54, 1.807) is 0 Å². The molecule has 0 aliphatic carbocycles. The van der Waals surface area contributed by atoms with Gasteiger partial charge in [-0.3, -0.25) is 4.98 Å². The van der Waals surface area contributed by atoms with Crippen LogP contribution in [0.2, 0.25) is 0 Å². The van der Waals surface area contributed by atoms with Crippen molar-refractivity contribution in [1.82, 2.24) is 15.2 Å². The molecule has 112 valence electrons. The number of pyridine rings is 1. The molecule has 1 saturated heterocycles. The van der Waals surface area contributed by atoms with Crippen LogP contribution in [0.15, 0.2) is 18.3 Å². The molecule has 1 aliphatic heterocycles. The third-order valence-electron chi connectivity index (χ3n) is 4.17. The van der Waals surface area contributed by atoms with Crippen molar-refractivity contribution in [2.24, 2.45) is 5.92 Å². The Morgan fingerprint density at radius 3 is 2.85 bits per heavy atom. The molecule has 0 spiro atoms. The van der Waals surface area contributed by atoms with Gasteiger partial charge < -0.3 is 15.1 Å². The van der Waals surface area contributed by atoms with E-state index in [0.717, 1.165) is 31.2 Å². The van der Waals surface area contributed by atoms with Crippen molar-refractivity contribution in [2.45, 2.75) is 26.3 Å². The highest BCUT2D eigenvalue weighted by atomic mass is 15.1. The van der Waals surface area contributed by atoms with E-state index in [1.165, 1.54) is 31.6 Å². The maximum atomic E-state index is 4.42. The minimum Gasteiger partial charge on any atom is -0.374 e. The first kappa shape index (κ1) is 15.3. The molecule has 0 saturated carbocycles. The molecule has 20 heavy (non-hydrogen) atoms. The van der Waals surface area contributed by atoms with Crippen LogP contribution in [0.25, 0.3) is 0 Å². The lowest BCUT2D eigenvalue weighted by molar-refractivity contribution is 0.222. The minimum atomic E-state index is 0.821. The number of anilines is 1. The maximum absolute atomic E-state index is 4.42. The molecular formula is C16H28N4. The third-order valence-corrected chi connectivity index (χ3v) is 4.17. The second-order valence-corrected chi connectivity index (χ2v) is 5.91. The van der Waals surface area contributed by atoms with Crippen LogP contribution in [0.1, 0.15) is 25.5 Å². The maximum Gasteiger partial charge on any atom is 0.0562 e. The van der Waals surface area contributed by atoms with E-state index >= 15 is 0 Å². The van der Waals surface area contributed by atoms with Crippen LogP contribution in [0.4, 0.5) is 5.69 Å². The average Bonchev–Trinajstić information content (AvgIpc) is 2.48. The van der Waals surface area contributed by atoms with Crippen LogP contribution in [-0.4, -0.2) is 50.2 Å². The first-order chi connectivity index (χ1) is 9.69. The first-order valence-corrected chi connectivity index (χ1v) is 7.74. The van der Waals surface area contributed by atoms with E-state index < -0.39 is 0 Å². The highest BCUT2D eigenvalue weighted by molar-refractivity contribution is 5.45. The summed E-state index contributed by atoms with van der Waals surface area (Å²) < 4.78 is 0. The van der Waals surface area contributed by atoms with Gasteiger partial charge >= 0.3 is 0 Å². The van der Waals surface area contributed by atoms with E-state index in [-0.39, 0.29) is 0 Å². The summed E-state index contributed by atoms with van der Waals surface area (Å²) in [7, 11) is 4.42. The van der Waals surface area contributed by atoms with Crippen molar-refractivity contribution in [1.29, 1.82) is 0 Å². The summed E-state index contributed by atoms with van der Waals surface area (Å²) in [5, 5.41) is 3.33. The zero-order chi connectivity index (χ0) is 14.4. The van der Waals surface area contributed by atoms with Gasteiger partial charge in [0.05, 0.1) is 5.69 Å². The molecule has 0 radical (unpaired) electrons. The van der Waals surface area contributed by atoms with Crippen molar-refractivity contribution in [3.63, 3.8) is 0 Å². The van der Waals surface area contributed by atoms with Crippen LogP contribution < -0.4 is 10.2 Å². The lowest BCUT2D eigenvalue weighted by Crippen LogP contribution is -2.35. The quantitative estimate of drug-likeness (QED) is 0.861. The van der Waals surface area contributed by atoms with E-state index in [9.17, 15) is 0 Å². The first-order valence-electron chi connectivity index (χ1n) is 7.74. The molecule has 0 atom stereocenters. The lowest BCUT2D eigenvalue weighted by atomic mass is 9.96. The Morgan fingerprint density at radius 2 is 2.15 bits per heavy atom. The van der Waals surface area contributed by atoms with Gasteiger partial charge in [0.25, 0.3) is 0 Å². The van der Waals surface area contributed by atoms with Crippen LogP contribution in [0.3, 0.4) is 0 Å². The number of likely N-dealkylation sites (tertiary alicyclic amines) is 1. The van der Waals surface area contributed by atoms with Crippen molar-refractivity contribution in [2.75, 3.05) is 45.2 Å². The summed E-state index contributed by atoms with van der Waals surface area (Å²) in [5.41, 5.74) is 2.41. The number of aromatic nitrogens is 1. The fourth-order valence-corrected chi connectivity index (χ4v) is 2.79. The summed E-state index contributed by atoms with van der Waals surface area (Å²) in [6.07, 6.45) is 4.56. The summed E-state index contributed by atoms with van der Waals surface area (Å²) in [6.45, 7) is 7.58. The molecule has 4 heteroatoms. The van der Waals surface area contributed by atoms with Crippen LogP contribution in [-0.2, 0) is 6.54 Å². The molecule has 0 amide bonds. The Labute approximate surface area is 123 Å². The van der Waals surface area contributed by atoms with Crippen molar-refractivity contribution >= 4 is 5.69 Å². The number of nitrogens with zero attached hydrogens (tertiary/aromatic N) is 3. The van der Waals surface area contributed by atoms with Crippen LogP contribution in [0.5, 0.6) is 0 Å². The van der Waals surface area contributed by atoms with Gasteiger partial charge in [0.15, 0.2) is 0 Å². The number of piperidine rings is 1. The van der Waals surface area contributed by atoms with Crippen LogP contribution >= 0.6 is 0 Å². The Morgan fingerprint density at radius 1 is 1.40 bits per heavy atom. The molecule has 1 aromatic heterocycles. The largest absolute Gasteiger partial charge is 0.374 e. The fraction of sp³-hybridized carbons (Fsp3) is 0.688. The molecule has 0 bridgehead atoms. The zero-order valence-electron chi connectivity index (χ0n) is 13.1. The van der Waals surface area contributed by atoms with Crippen molar-refractivity contribution in [3.05, 3.63) is 24.0 Å². The Bertz CT molecular complexity index is 399. The molecule has 2 rings (SSSR count). The van der Waals surface area contributed by atoms with Gasteiger partial charge in [-0.1, -0.05) is 6.92 Å². The van der Waals surface area contributed by atoms with Gasteiger partial charge in [-0.25, -0.2) is 0 Å². The van der Waals surface area contributed by atoms with E-state index in [0.29, 0.717) is 0 Å². The summed E-state index contributed by atoms with van der Waals surface area (Å²) in [6, 6.07) is 4.32. The summed E-state index contributed by atoms with van der Waals surface area (Å²) in [4.78, 5) is 9.23. The predicted molar refractivity (Wildman–Crippen MR) is 85.1 cm³/mol. The monoisotopic (exact) mass is 276 g/mol. The zero-order valence-corrected chi connectivity index (χ0v) is 13.1. The predicted octanol–water partition coefficient (Wildman–Crippen LogP) is 1.97. The number of hydrogen-bond acceptors (Lipinski definition) is 4. The molecule has 4 nitrogen and oxygen atoms in total. The van der Waals surface area contributed by atoms with Crippen LogP contribution in [0, 0.1) is 5.92 Å². The topological polar surface area (TPSA) is 31.4 Å². The minimum absolute atomic E-state index is 0.821. The highest BCUT2D eigenvalue weighted by Gasteiger charge is 2.18. The summed E-state index contributed by atoms with van der Waals surface area (Å²) in [5.74, 6) is 0.821. The Hall–Kier alpha value is -1.13. The number of rotatable bonds is 6. The second-order valence-electron chi connectivity index (χ2n) is 5.91. The molecule has 0 unspecified atom stereocenters. The van der Waals surface area contributed by atoms with Gasteiger partial charge in [0, 0.05) is 32.0 Å². The lowest BCUT2D eigenvalue weighted by Gasteiger charge is -2.32. The molecule has 0 aromatic carbocycles. The van der Waals surface area contributed by atoms with Gasteiger partial charge in [-0.05, 0) is 57.6 Å². The normalized spacial score (nSPS) is 17.4. The van der Waals surface area contributed by atoms with Gasteiger partial charge in [-0.15, -0.1) is 0 Å². The SMILES string of the molecule is CCNCc1cc(N(C)CC2CCN(C)CC2)ccn1. The smallest absolute Gasteiger partial charge is 0.0562 e. The molecular weight excluding hydrogens is 248 g/mol. The highest BCUT2D eigenvalue weighted by Crippen LogP contribution is 2.20. The molecule has 1 aliphatic rings. The number of hydrogen-bond donors (Lipinski definition) is 1.